The topological polar surface area (TPSA) is 69.4 Å². The van der Waals surface area contributed by atoms with E-state index in [4.69, 9.17) is 15.3 Å². The second kappa shape index (κ2) is 5.36. The van der Waals surface area contributed by atoms with E-state index in [2.05, 4.69) is 10.4 Å². The van der Waals surface area contributed by atoms with E-state index < -0.39 is 0 Å². The lowest BCUT2D eigenvalue weighted by molar-refractivity contribution is -0.102. The van der Waals surface area contributed by atoms with Crippen molar-refractivity contribution in [2.75, 3.05) is 19.8 Å². The van der Waals surface area contributed by atoms with E-state index >= 15 is 0 Å². The second-order valence-corrected chi connectivity index (χ2v) is 3.86. The van der Waals surface area contributed by atoms with Crippen molar-refractivity contribution in [3.8, 4) is 0 Å². The largest absolute Gasteiger partial charge is 0.376 e. The lowest BCUT2D eigenvalue weighted by atomic mass is 9.99. The quantitative estimate of drug-likeness (QED) is 0.570. The van der Waals surface area contributed by atoms with Crippen molar-refractivity contribution in [1.29, 1.82) is 0 Å². The van der Waals surface area contributed by atoms with Crippen molar-refractivity contribution in [3.05, 3.63) is 29.6 Å². The summed E-state index contributed by atoms with van der Waals surface area (Å²) in [5, 5.41) is 0. The van der Waals surface area contributed by atoms with Crippen molar-refractivity contribution in [1.82, 2.24) is 10.4 Å². The molecular formula is C11H17N3O2. The Morgan fingerprint density at radius 3 is 3.06 bits per heavy atom. The fraction of sp³-hybridized carbons (Fsp3) is 0.545. The van der Waals surface area contributed by atoms with Gasteiger partial charge in [-0.2, -0.15) is 0 Å². The van der Waals surface area contributed by atoms with Gasteiger partial charge in [-0.15, -0.1) is 0 Å². The molecule has 1 aromatic heterocycles. The molecule has 3 N–H and O–H groups in total. The molecule has 1 saturated heterocycles. The van der Waals surface area contributed by atoms with Crippen LogP contribution in [-0.4, -0.2) is 30.9 Å². The van der Waals surface area contributed by atoms with E-state index in [0.717, 1.165) is 11.1 Å². The molecule has 1 aromatic rings. The van der Waals surface area contributed by atoms with Crippen LogP contribution in [0.15, 0.2) is 18.5 Å². The highest BCUT2D eigenvalue weighted by molar-refractivity contribution is 5.26. The Morgan fingerprint density at radius 2 is 2.44 bits per heavy atom. The van der Waals surface area contributed by atoms with Gasteiger partial charge in [-0.05, 0) is 24.1 Å². The summed E-state index contributed by atoms with van der Waals surface area (Å²) in [5.41, 5.74) is 4.99. The van der Waals surface area contributed by atoms with Crippen molar-refractivity contribution >= 4 is 0 Å². The van der Waals surface area contributed by atoms with Gasteiger partial charge in [0.2, 0.25) is 0 Å². The van der Waals surface area contributed by atoms with Gasteiger partial charge in [0.15, 0.2) is 0 Å². The molecule has 2 unspecified atom stereocenters. The first-order valence-electron chi connectivity index (χ1n) is 5.39. The molecule has 16 heavy (non-hydrogen) atoms. The SMILES string of the molecule is Cc1ccncc1C(NN)C1COCCO1. The standard InChI is InChI=1S/C11H17N3O2/c1-8-2-3-13-6-9(8)11(14-12)10-7-15-4-5-16-10/h2-3,6,10-11,14H,4-5,7,12H2,1H3. The molecule has 2 atom stereocenters. The van der Waals surface area contributed by atoms with Crippen molar-refractivity contribution in [2.45, 2.75) is 19.1 Å². The fourth-order valence-corrected chi connectivity index (χ4v) is 1.90. The smallest absolute Gasteiger partial charge is 0.102 e. The Kier molecular flexibility index (Phi) is 3.84. The average molecular weight is 223 g/mol. The van der Waals surface area contributed by atoms with Gasteiger partial charge in [0.25, 0.3) is 0 Å². The Balaban J connectivity index is 2.18. The molecule has 2 rings (SSSR count). The van der Waals surface area contributed by atoms with E-state index in [1.807, 2.05) is 19.2 Å². The molecule has 0 saturated carbocycles. The van der Waals surface area contributed by atoms with Crippen LogP contribution < -0.4 is 11.3 Å². The molecule has 1 aliphatic rings. The predicted octanol–water partition coefficient (Wildman–Crippen LogP) is 0.310. The first kappa shape index (κ1) is 11.5. The van der Waals surface area contributed by atoms with Crippen molar-refractivity contribution < 1.29 is 9.47 Å². The Hall–Kier alpha value is -1.01. The third-order valence-corrected chi connectivity index (χ3v) is 2.81. The highest BCUT2D eigenvalue weighted by Crippen LogP contribution is 2.22. The van der Waals surface area contributed by atoms with Crippen LogP contribution in [0.5, 0.6) is 0 Å². The minimum Gasteiger partial charge on any atom is -0.376 e. The third-order valence-electron chi connectivity index (χ3n) is 2.81. The number of nitrogens with zero attached hydrogens (tertiary/aromatic N) is 1. The fourth-order valence-electron chi connectivity index (χ4n) is 1.90. The number of ether oxygens (including phenoxy) is 2. The molecule has 1 fully saturated rings. The van der Waals surface area contributed by atoms with E-state index in [0.29, 0.717) is 19.8 Å². The highest BCUT2D eigenvalue weighted by atomic mass is 16.6. The van der Waals surface area contributed by atoms with Crippen LogP contribution in [0.3, 0.4) is 0 Å². The summed E-state index contributed by atoms with van der Waals surface area (Å²) >= 11 is 0. The maximum atomic E-state index is 5.65. The molecule has 1 aliphatic heterocycles. The van der Waals surface area contributed by atoms with Gasteiger partial charge in [-0.1, -0.05) is 0 Å². The van der Waals surface area contributed by atoms with Gasteiger partial charge >= 0.3 is 0 Å². The number of aromatic nitrogens is 1. The first-order valence-corrected chi connectivity index (χ1v) is 5.39. The van der Waals surface area contributed by atoms with Crippen LogP contribution in [0, 0.1) is 6.92 Å². The molecule has 5 heteroatoms. The monoisotopic (exact) mass is 223 g/mol. The summed E-state index contributed by atoms with van der Waals surface area (Å²) in [4.78, 5) is 4.12. The van der Waals surface area contributed by atoms with Gasteiger partial charge in [-0.25, -0.2) is 0 Å². The molecule has 0 aromatic carbocycles. The average Bonchev–Trinajstić information content (AvgIpc) is 2.34. The molecule has 5 nitrogen and oxygen atoms in total. The lowest BCUT2D eigenvalue weighted by Crippen LogP contribution is -2.43. The third kappa shape index (κ3) is 2.38. The number of hydrogen-bond acceptors (Lipinski definition) is 5. The number of nitrogens with two attached hydrogens (primary N) is 1. The van der Waals surface area contributed by atoms with Crippen LogP contribution in [0.2, 0.25) is 0 Å². The number of nitrogens with one attached hydrogen (secondary N) is 1. The number of hydrazine groups is 1. The zero-order valence-corrected chi connectivity index (χ0v) is 9.35. The van der Waals surface area contributed by atoms with Gasteiger partial charge in [-0.3, -0.25) is 16.3 Å². The Morgan fingerprint density at radius 1 is 1.56 bits per heavy atom. The van der Waals surface area contributed by atoms with Crippen molar-refractivity contribution in [2.24, 2.45) is 5.84 Å². The Bertz CT molecular complexity index is 340. The molecule has 0 radical (unpaired) electrons. The summed E-state index contributed by atoms with van der Waals surface area (Å²) in [6.07, 6.45) is 3.53. The van der Waals surface area contributed by atoms with Gasteiger partial charge in [0, 0.05) is 12.4 Å². The van der Waals surface area contributed by atoms with Gasteiger partial charge in [0.05, 0.1) is 25.9 Å². The zero-order chi connectivity index (χ0) is 11.4. The lowest BCUT2D eigenvalue weighted by Gasteiger charge is -2.30. The van der Waals surface area contributed by atoms with Crippen LogP contribution in [0.25, 0.3) is 0 Å². The van der Waals surface area contributed by atoms with Crippen LogP contribution >= 0.6 is 0 Å². The van der Waals surface area contributed by atoms with E-state index in [1.165, 1.54) is 0 Å². The number of aryl methyl sites for hydroxylation is 1. The molecule has 0 spiro atoms. The van der Waals surface area contributed by atoms with Gasteiger partial charge in [0.1, 0.15) is 6.10 Å². The predicted molar refractivity (Wildman–Crippen MR) is 59.6 cm³/mol. The maximum absolute atomic E-state index is 5.65. The second-order valence-electron chi connectivity index (χ2n) is 3.86. The van der Waals surface area contributed by atoms with E-state index in [-0.39, 0.29) is 12.1 Å². The van der Waals surface area contributed by atoms with Crippen LogP contribution in [0.4, 0.5) is 0 Å². The Labute approximate surface area is 94.9 Å². The number of hydrogen-bond donors (Lipinski definition) is 2. The summed E-state index contributed by atoms with van der Waals surface area (Å²) in [7, 11) is 0. The number of rotatable bonds is 3. The molecule has 0 amide bonds. The van der Waals surface area contributed by atoms with Crippen LogP contribution in [0.1, 0.15) is 17.2 Å². The summed E-state index contributed by atoms with van der Waals surface area (Å²) in [6, 6.07) is 1.89. The first-order chi connectivity index (χ1) is 7.83. The molecular weight excluding hydrogens is 206 g/mol. The maximum Gasteiger partial charge on any atom is 0.102 e. The van der Waals surface area contributed by atoms with Crippen LogP contribution in [-0.2, 0) is 9.47 Å². The highest BCUT2D eigenvalue weighted by Gasteiger charge is 2.26. The zero-order valence-electron chi connectivity index (χ0n) is 9.35. The summed E-state index contributed by atoms with van der Waals surface area (Å²) in [5.74, 6) is 5.59. The van der Waals surface area contributed by atoms with E-state index in [1.54, 1.807) is 6.20 Å². The molecule has 2 heterocycles. The summed E-state index contributed by atoms with van der Waals surface area (Å²) < 4.78 is 11.0. The molecule has 0 aliphatic carbocycles. The minimum absolute atomic E-state index is 0.0540. The minimum atomic E-state index is -0.0750. The van der Waals surface area contributed by atoms with Gasteiger partial charge < -0.3 is 9.47 Å². The number of pyridine rings is 1. The molecule has 0 bridgehead atoms. The normalized spacial score (nSPS) is 23.0. The van der Waals surface area contributed by atoms with Crippen molar-refractivity contribution in [3.63, 3.8) is 0 Å². The summed E-state index contributed by atoms with van der Waals surface area (Å²) in [6.45, 7) is 3.86. The molecule has 88 valence electrons. The van der Waals surface area contributed by atoms with E-state index in [9.17, 15) is 0 Å².